The average molecular weight is 341 g/mol. The molecule has 1 aromatic rings. The van der Waals surface area contributed by atoms with Crippen LogP contribution in [0.25, 0.3) is 0 Å². The van der Waals surface area contributed by atoms with Crippen molar-refractivity contribution >= 4 is 40.1 Å². The predicted octanol–water partition coefficient (Wildman–Crippen LogP) is 2.17. The molecule has 88 valence electrons. The van der Waals surface area contributed by atoms with E-state index >= 15 is 0 Å². The lowest BCUT2D eigenvalue weighted by Gasteiger charge is -2.30. The summed E-state index contributed by atoms with van der Waals surface area (Å²) in [5.41, 5.74) is 4.73. The van der Waals surface area contributed by atoms with Gasteiger partial charge in [0.15, 0.2) is 0 Å². The Hall–Kier alpha value is -1.11. The number of halogens is 1. The van der Waals surface area contributed by atoms with E-state index < -0.39 is 0 Å². The summed E-state index contributed by atoms with van der Waals surface area (Å²) in [6, 6.07) is 4.10. The van der Waals surface area contributed by atoms with Crippen LogP contribution in [0.2, 0.25) is 0 Å². The van der Waals surface area contributed by atoms with Gasteiger partial charge in [-0.25, -0.2) is 4.99 Å². The van der Waals surface area contributed by atoms with E-state index in [1.807, 2.05) is 11.0 Å². The Balaban J connectivity index is 2.19. The Morgan fingerprint density at radius 1 is 1.47 bits per heavy atom. The molecule has 0 saturated carbocycles. The number of nitrogens with one attached hydrogen (secondary N) is 1. The van der Waals surface area contributed by atoms with Crippen LogP contribution in [0.1, 0.15) is 20.7 Å². The second kappa shape index (κ2) is 3.69. The van der Waals surface area contributed by atoms with E-state index in [0.717, 1.165) is 5.69 Å². The third-order valence-electron chi connectivity index (χ3n) is 3.34. The topological polar surface area (TPSA) is 44.7 Å². The molecule has 2 aliphatic heterocycles. The van der Waals surface area contributed by atoms with Gasteiger partial charge in [0.05, 0.1) is 5.69 Å². The molecule has 0 aliphatic carbocycles. The number of hydrogen-bond donors (Lipinski definition) is 1. The number of nitrogens with zero attached hydrogens (tertiary/aromatic N) is 2. The van der Waals surface area contributed by atoms with Crippen LogP contribution in [0.4, 0.5) is 5.69 Å². The Morgan fingerprint density at radius 3 is 3.00 bits per heavy atom. The monoisotopic (exact) mass is 341 g/mol. The number of rotatable bonds is 0. The minimum Gasteiger partial charge on any atom is -0.317 e. The van der Waals surface area contributed by atoms with Crippen molar-refractivity contribution in [2.75, 3.05) is 6.54 Å². The third-order valence-corrected chi connectivity index (χ3v) is 4.63. The Kier molecular flexibility index (Phi) is 2.39. The van der Waals surface area contributed by atoms with E-state index in [9.17, 15) is 4.79 Å². The summed E-state index contributed by atoms with van der Waals surface area (Å²) in [4.78, 5) is 17.9. The first-order valence-corrected chi connectivity index (χ1v) is 6.72. The van der Waals surface area contributed by atoms with Gasteiger partial charge in [0, 0.05) is 5.56 Å². The fourth-order valence-electron chi connectivity index (χ4n) is 2.24. The molecule has 1 atom stereocenters. The molecule has 2 aliphatic rings. The summed E-state index contributed by atoms with van der Waals surface area (Å²) in [6.07, 6.45) is 0. The lowest BCUT2D eigenvalue weighted by atomic mass is 10.00. The first kappa shape index (κ1) is 11.0. The SMILES string of the molecule is Cc1ccc2c(c1C)[C@H](I)N1CC(=O)NC1=N2. The van der Waals surface area contributed by atoms with E-state index in [1.54, 1.807) is 0 Å². The van der Waals surface area contributed by atoms with Crippen molar-refractivity contribution in [3.05, 3.63) is 28.8 Å². The number of carbonyl (C=O) groups excluding carboxylic acids is 1. The fourth-order valence-corrected chi connectivity index (χ4v) is 3.48. The summed E-state index contributed by atoms with van der Waals surface area (Å²) in [5.74, 6) is 0.706. The molecule has 5 heteroatoms. The molecule has 0 bridgehead atoms. The molecule has 0 aromatic heterocycles. The van der Waals surface area contributed by atoms with Crippen LogP contribution in [0, 0.1) is 13.8 Å². The van der Waals surface area contributed by atoms with E-state index in [-0.39, 0.29) is 9.96 Å². The minimum absolute atomic E-state index is 0.0209. The largest absolute Gasteiger partial charge is 0.317 e. The number of carbonyl (C=O) groups is 1. The zero-order valence-corrected chi connectivity index (χ0v) is 11.8. The summed E-state index contributed by atoms with van der Waals surface area (Å²) in [7, 11) is 0. The molecule has 0 spiro atoms. The number of benzene rings is 1. The molecule has 1 saturated heterocycles. The second-order valence-corrected chi connectivity index (χ2v) is 5.57. The van der Waals surface area contributed by atoms with Crippen molar-refractivity contribution < 1.29 is 4.79 Å². The number of alkyl halides is 1. The lowest BCUT2D eigenvalue weighted by Crippen LogP contribution is -2.34. The van der Waals surface area contributed by atoms with Crippen molar-refractivity contribution in [1.29, 1.82) is 0 Å². The molecule has 0 unspecified atom stereocenters. The Bertz CT molecular complexity index is 553. The average Bonchev–Trinajstić information content (AvgIpc) is 2.65. The standard InChI is InChI=1S/C12H12IN3O/c1-6-3-4-8-10(7(6)2)11(13)16-5-9(17)15-12(16)14-8/h3-4,11H,5H2,1-2H3,(H,14,15,17)/t11-/m1/s1. The van der Waals surface area contributed by atoms with Crippen LogP contribution in [0.15, 0.2) is 17.1 Å². The van der Waals surface area contributed by atoms with Crippen molar-refractivity contribution in [3.8, 4) is 0 Å². The number of aliphatic imine (C=N–C) groups is 1. The van der Waals surface area contributed by atoms with Gasteiger partial charge in [-0.2, -0.15) is 0 Å². The van der Waals surface area contributed by atoms with Crippen molar-refractivity contribution in [3.63, 3.8) is 0 Å². The highest BCUT2D eigenvalue weighted by Crippen LogP contribution is 2.42. The quantitative estimate of drug-likeness (QED) is 0.447. The molecule has 1 amide bonds. The van der Waals surface area contributed by atoms with Crippen LogP contribution in [-0.4, -0.2) is 23.3 Å². The van der Waals surface area contributed by atoms with Gasteiger partial charge in [0.2, 0.25) is 11.9 Å². The fraction of sp³-hybridized carbons (Fsp3) is 0.333. The zero-order valence-electron chi connectivity index (χ0n) is 9.62. The highest BCUT2D eigenvalue weighted by Gasteiger charge is 2.36. The molecular weight excluding hydrogens is 329 g/mol. The highest BCUT2D eigenvalue weighted by atomic mass is 127. The minimum atomic E-state index is 0.0209. The Morgan fingerprint density at radius 2 is 2.24 bits per heavy atom. The molecule has 1 fully saturated rings. The van der Waals surface area contributed by atoms with E-state index in [4.69, 9.17) is 0 Å². The first-order chi connectivity index (χ1) is 8.08. The van der Waals surface area contributed by atoms with Gasteiger partial charge < -0.3 is 4.90 Å². The van der Waals surface area contributed by atoms with Crippen molar-refractivity contribution in [1.82, 2.24) is 10.2 Å². The van der Waals surface area contributed by atoms with Crippen LogP contribution >= 0.6 is 22.6 Å². The maximum Gasteiger partial charge on any atom is 0.246 e. The maximum absolute atomic E-state index is 11.4. The van der Waals surface area contributed by atoms with Gasteiger partial charge in [0.1, 0.15) is 10.6 Å². The van der Waals surface area contributed by atoms with Gasteiger partial charge in [-0.05, 0) is 31.0 Å². The van der Waals surface area contributed by atoms with Gasteiger partial charge in [-0.1, -0.05) is 28.7 Å². The molecule has 2 heterocycles. The highest BCUT2D eigenvalue weighted by molar-refractivity contribution is 14.1. The number of hydrogen-bond acceptors (Lipinski definition) is 3. The van der Waals surface area contributed by atoms with Crippen LogP contribution in [0.3, 0.4) is 0 Å². The second-order valence-electron chi connectivity index (χ2n) is 4.39. The number of guanidine groups is 1. The van der Waals surface area contributed by atoms with Gasteiger partial charge in [-0.15, -0.1) is 0 Å². The molecule has 4 nitrogen and oxygen atoms in total. The van der Waals surface area contributed by atoms with Gasteiger partial charge >= 0.3 is 0 Å². The lowest BCUT2D eigenvalue weighted by molar-refractivity contribution is -0.118. The van der Waals surface area contributed by atoms with E-state index in [0.29, 0.717) is 12.5 Å². The normalized spacial score (nSPS) is 21.8. The third kappa shape index (κ3) is 1.55. The van der Waals surface area contributed by atoms with E-state index in [2.05, 4.69) is 52.8 Å². The predicted molar refractivity (Wildman–Crippen MR) is 74.6 cm³/mol. The smallest absolute Gasteiger partial charge is 0.246 e. The summed E-state index contributed by atoms with van der Waals surface area (Å²) in [5, 5.41) is 2.79. The molecule has 17 heavy (non-hydrogen) atoms. The van der Waals surface area contributed by atoms with Crippen LogP contribution in [0.5, 0.6) is 0 Å². The molecule has 3 rings (SSSR count). The number of aryl methyl sites for hydroxylation is 1. The Labute approximate surface area is 113 Å². The summed E-state index contributed by atoms with van der Waals surface area (Å²) < 4.78 is 0.175. The van der Waals surface area contributed by atoms with Gasteiger partial charge in [-0.3, -0.25) is 10.1 Å². The maximum atomic E-state index is 11.4. The molecular formula is C12H12IN3O. The van der Waals surface area contributed by atoms with Crippen molar-refractivity contribution in [2.45, 2.75) is 17.9 Å². The number of amides is 1. The first-order valence-electron chi connectivity index (χ1n) is 5.47. The molecule has 0 radical (unpaired) electrons. The van der Waals surface area contributed by atoms with Crippen molar-refractivity contribution in [2.24, 2.45) is 4.99 Å². The molecule has 1 aromatic carbocycles. The van der Waals surface area contributed by atoms with Gasteiger partial charge in [0.25, 0.3) is 0 Å². The zero-order chi connectivity index (χ0) is 12.2. The van der Waals surface area contributed by atoms with E-state index in [1.165, 1.54) is 16.7 Å². The molecule has 1 N–H and O–H groups in total. The summed E-state index contributed by atoms with van der Waals surface area (Å²) >= 11 is 2.37. The number of fused-ring (bicyclic) bond motifs is 2. The van der Waals surface area contributed by atoms with Crippen LogP contribution in [-0.2, 0) is 4.79 Å². The summed E-state index contributed by atoms with van der Waals surface area (Å²) in [6.45, 7) is 4.62. The van der Waals surface area contributed by atoms with Crippen LogP contribution < -0.4 is 5.32 Å².